The molecule has 0 aliphatic heterocycles. The first-order valence-corrected chi connectivity index (χ1v) is 6.18. The molecule has 0 spiro atoms. The molecule has 1 aromatic rings. The number of hydrogen-bond acceptors (Lipinski definition) is 2. The van der Waals surface area contributed by atoms with Crippen molar-refractivity contribution >= 4 is 17.6 Å². The molecule has 3 nitrogen and oxygen atoms in total. The predicted octanol–water partition coefficient (Wildman–Crippen LogP) is 3.84. The van der Waals surface area contributed by atoms with Crippen LogP contribution in [0.15, 0.2) is 30.4 Å². The summed E-state index contributed by atoms with van der Waals surface area (Å²) in [6.07, 6.45) is 2.06. The summed E-state index contributed by atoms with van der Waals surface area (Å²) >= 11 is 5.84. The SMILES string of the molecule is C=C(CCCCOc1ccc(Cl)cc1C)C(=O)O. The van der Waals surface area contributed by atoms with E-state index in [1.54, 1.807) is 6.07 Å². The predicted molar refractivity (Wildman–Crippen MR) is 72.3 cm³/mol. The highest BCUT2D eigenvalue weighted by atomic mass is 35.5. The van der Waals surface area contributed by atoms with Crippen LogP contribution in [0.2, 0.25) is 5.02 Å². The molecule has 0 radical (unpaired) electrons. The average Bonchev–Trinajstić information content (AvgIpc) is 2.30. The number of aryl methyl sites for hydroxylation is 1. The average molecular weight is 269 g/mol. The number of carboxylic acids is 1. The molecule has 98 valence electrons. The molecule has 0 bridgehead atoms. The van der Waals surface area contributed by atoms with Crippen LogP contribution >= 0.6 is 11.6 Å². The van der Waals surface area contributed by atoms with Crippen molar-refractivity contribution in [2.45, 2.75) is 26.2 Å². The normalized spacial score (nSPS) is 10.1. The summed E-state index contributed by atoms with van der Waals surface area (Å²) in [7, 11) is 0. The molecule has 18 heavy (non-hydrogen) atoms. The molecule has 0 saturated heterocycles. The second-order valence-electron chi connectivity index (χ2n) is 4.12. The molecular weight excluding hydrogens is 252 g/mol. The smallest absolute Gasteiger partial charge is 0.330 e. The fourth-order valence-corrected chi connectivity index (χ4v) is 1.73. The van der Waals surface area contributed by atoms with Crippen LogP contribution in [-0.2, 0) is 4.79 Å². The van der Waals surface area contributed by atoms with Crippen LogP contribution in [0.4, 0.5) is 0 Å². The Hall–Kier alpha value is -1.48. The minimum atomic E-state index is -0.926. The Morgan fingerprint density at radius 1 is 1.44 bits per heavy atom. The zero-order valence-electron chi connectivity index (χ0n) is 10.4. The van der Waals surface area contributed by atoms with Gasteiger partial charge in [-0.3, -0.25) is 0 Å². The van der Waals surface area contributed by atoms with E-state index in [1.165, 1.54) is 0 Å². The van der Waals surface area contributed by atoms with Crippen molar-refractivity contribution in [3.05, 3.63) is 40.9 Å². The maximum atomic E-state index is 10.5. The van der Waals surface area contributed by atoms with Crippen LogP contribution in [0, 0.1) is 6.92 Å². The molecule has 0 heterocycles. The van der Waals surface area contributed by atoms with Gasteiger partial charge in [0.1, 0.15) is 5.75 Å². The maximum absolute atomic E-state index is 10.5. The fourth-order valence-electron chi connectivity index (χ4n) is 1.50. The zero-order valence-corrected chi connectivity index (χ0v) is 11.2. The molecule has 0 aromatic heterocycles. The van der Waals surface area contributed by atoms with E-state index in [4.69, 9.17) is 21.4 Å². The molecular formula is C14H17ClO3. The number of ether oxygens (including phenoxy) is 1. The van der Waals surface area contributed by atoms with Crippen LogP contribution in [0.5, 0.6) is 5.75 Å². The summed E-state index contributed by atoms with van der Waals surface area (Å²) in [5.74, 6) is -0.110. The summed E-state index contributed by atoms with van der Waals surface area (Å²) in [6.45, 7) is 5.98. The lowest BCUT2D eigenvalue weighted by Crippen LogP contribution is -2.02. The third-order valence-electron chi connectivity index (χ3n) is 2.57. The van der Waals surface area contributed by atoms with Crippen LogP contribution in [0.1, 0.15) is 24.8 Å². The highest BCUT2D eigenvalue weighted by Crippen LogP contribution is 2.22. The molecule has 0 saturated carbocycles. The van der Waals surface area contributed by atoms with Gasteiger partial charge in [0.2, 0.25) is 0 Å². The second kappa shape index (κ2) is 7.07. The Balaban J connectivity index is 2.26. The van der Waals surface area contributed by atoms with E-state index >= 15 is 0 Å². The van der Waals surface area contributed by atoms with Gasteiger partial charge in [-0.15, -0.1) is 0 Å². The van der Waals surface area contributed by atoms with Crippen molar-refractivity contribution in [2.75, 3.05) is 6.61 Å². The zero-order chi connectivity index (χ0) is 13.5. The number of carbonyl (C=O) groups is 1. The highest BCUT2D eigenvalue weighted by molar-refractivity contribution is 6.30. The van der Waals surface area contributed by atoms with Gasteiger partial charge in [0.05, 0.1) is 6.61 Å². The third-order valence-corrected chi connectivity index (χ3v) is 2.80. The van der Waals surface area contributed by atoms with Gasteiger partial charge in [0.25, 0.3) is 0 Å². The van der Waals surface area contributed by atoms with Crippen molar-refractivity contribution in [1.29, 1.82) is 0 Å². The Kier molecular flexibility index (Phi) is 5.72. The summed E-state index contributed by atoms with van der Waals surface area (Å²) in [5, 5.41) is 9.33. The molecule has 1 N–H and O–H groups in total. The van der Waals surface area contributed by atoms with E-state index < -0.39 is 5.97 Å². The van der Waals surface area contributed by atoms with Crippen molar-refractivity contribution in [1.82, 2.24) is 0 Å². The lowest BCUT2D eigenvalue weighted by atomic mass is 10.1. The van der Waals surface area contributed by atoms with E-state index in [9.17, 15) is 4.79 Å². The molecule has 0 fully saturated rings. The summed E-state index contributed by atoms with van der Waals surface area (Å²) in [6, 6.07) is 5.48. The Morgan fingerprint density at radius 2 is 2.17 bits per heavy atom. The van der Waals surface area contributed by atoms with E-state index in [-0.39, 0.29) is 5.57 Å². The van der Waals surface area contributed by atoms with Crippen molar-refractivity contribution in [3.63, 3.8) is 0 Å². The monoisotopic (exact) mass is 268 g/mol. The van der Waals surface area contributed by atoms with Crippen LogP contribution < -0.4 is 4.74 Å². The van der Waals surface area contributed by atoms with Gasteiger partial charge in [-0.1, -0.05) is 18.2 Å². The Bertz CT molecular complexity index is 441. The van der Waals surface area contributed by atoms with Gasteiger partial charge >= 0.3 is 5.97 Å². The van der Waals surface area contributed by atoms with Crippen molar-refractivity contribution in [3.8, 4) is 5.75 Å². The second-order valence-corrected chi connectivity index (χ2v) is 4.56. The summed E-state index contributed by atoms with van der Waals surface area (Å²) < 4.78 is 5.60. The number of benzene rings is 1. The lowest BCUT2D eigenvalue weighted by molar-refractivity contribution is -0.132. The molecule has 0 aliphatic carbocycles. The third kappa shape index (κ3) is 4.80. The topological polar surface area (TPSA) is 46.5 Å². The first kappa shape index (κ1) is 14.6. The molecule has 0 unspecified atom stereocenters. The summed E-state index contributed by atoms with van der Waals surface area (Å²) in [5.41, 5.74) is 1.25. The van der Waals surface area contributed by atoms with Crippen LogP contribution in [0.3, 0.4) is 0 Å². The Morgan fingerprint density at radius 3 is 2.78 bits per heavy atom. The first-order chi connectivity index (χ1) is 8.50. The molecule has 0 aliphatic rings. The van der Waals surface area contributed by atoms with E-state index in [2.05, 4.69) is 6.58 Å². The van der Waals surface area contributed by atoms with Crippen molar-refractivity contribution < 1.29 is 14.6 Å². The molecule has 4 heteroatoms. The fraction of sp³-hybridized carbons (Fsp3) is 0.357. The van der Waals surface area contributed by atoms with Gasteiger partial charge in [0.15, 0.2) is 0 Å². The number of rotatable bonds is 7. The Labute approximate surface area is 112 Å². The largest absolute Gasteiger partial charge is 0.493 e. The molecule has 1 rings (SSSR count). The van der Waals surface area contributed by atoms with Gasteiger partial charge in [-0.05, 0) is 49.9 Å². The first-order valence-electron chi connectivity index (χ1n) is 5.80. The van der Waals surface area contributed by atoms with Crippen LogP contribution in [0.25, 0.3) is 0 Å². The lowest BCUT2D eigenvalue weighted by Gasteiger charge is -2.09. The number of halogens is 1. The number of aliphatic carboxylic acids is 1. The maximum Gasteiger partial charge on any atom is 0.330 e. The van der Waals surface area contributed by atoms with Gasteiger partial charge in [-0.2, -0.15) is 0 Å². The minimum absolute atomic E-state index is 0.248. The van der Waals surface area contributed by atoms with Crippen molar-refractivity contribution in [2.24, 2.45) is 0 Å². The summed E-state index contributed by atoms with van der Waals surface area (Å²) in [4.78, 5) is 10.5. The quantitative estimate of drug-likeness (QED) is 0.604. The van der Waals surface area contributed by atoms with E-state index in [0.29, 0.717) is 18.1 Å². The minimum Gasteiger partial charge on any atom is -0.493 e. The highest BCUT2D eigenvalue weighted by Gasteiger charge is 2.03. The van der Waals surface area contributed by atoms with Gasteiger partial charge in [0, 0.05) is 10.6 Å². The molecule has 0 amide bonds. The number of hydrogen-bond donors (Lipinski definition) is 1. The number of carboxylic acid groups (broad SMARTS) is 1. The standard InChI is InChI=1S/C14H17ClO3/c1-10(14(16)17)5-3-4-8-18-13-7-6-12(15)9-11(13)2/h6-7,9H,1,3-5,8H2,2H3,(H,16,17). The van der Waals surface area contributed by atoms with Gasteiger partial charge in [-0.25, -0.2) is 4.79 Å². The molecule has 0 atom stereocenters. The van der Waals surface area contributed by atoms with Gasteiger partial charge < -0.3 is 9.84 Å². The van der Waals surface area contributed by atoms with Crippen LogP contribution in [-0.4, -0.2) is 17.7 Å². The number of unbranched alkanes of at least 4 members (excludes halogenated alkanes) is 1. The molecule has 1 aromatic carbocycles. The van der Waals surface area contributed by atoms with E-state index in [0.717, 1.165) is 24.2 Å². The van der Waals surface area contributed by atoms with E-state index in [1.807, 2.05) is 19.1 Å².